The van der Waals surface area contributed by atoms with Crippen LogP contribution in [0.3, 0.4) is 0 Å². The molecular weight excluding hydrogens is 260 g/mol. The van der Waals surface area contributed by atoms with Crippen LogP contribution in [0.1, 0.15) is 30.4 Å². The van der Waals surface area contributed by atoms with Gasteiger partial charge in [0.05, 0.1) is 6.54 Å². The van der Waals surface area contributed by atoms with Crippen LogP contribution in [0.25, 0.3) is 0 Å². The molecule has 2 aromatic rings. The summed E-state index contributed by atoms with van der Waals surface area (Å²) in [7, 11) is 3.35. The monoisotopic (exact) mass is 274 g/mol. The van der Waals surface area contributed by atoms with Gasteiger partial charge in [-0.25, -0.2) is 9.97 Å². The molecule has 8 heteroatoms. The summed E-state index contributed by atoms with van der Waals surface area (Å²) in [4.78, 5) is 14.0. The van der Waals surface area contributed by atoms with Gasteiger partial charge in [-0.05, 0) is 6.92 Å². The largest absolute Gasteiger partial charge is 0.374 e. The van der Waals surface area contributed by atoms with Crippen LogP contribution in [0.5, 0.6) is 0 Å². The number of nitrogens with zero attached hydrogens (tertiary/aromatic N) is 6. The molecule has 0 saturated heterocycles. The first-order valence-corrected chi connectivity index (χ1v) is 5.93. The number of rotatable bonds is 5. The molecule has 0 amide bonds. The van der Waals surface area contributed by atoms with Crippen molar-refractivity contribution in [3.63, 3.8) is 0 Å². The topological polar surface area (TPSA) is 101 Å². The minimum Gasteiger partial charge on any atom is -0.374 e. The van der Waals surface area contributed by atoms with E-state index in [1.165, 1.54) is 12.4 Å². The second-order valence-corrected chi connectivity index (χ2v) is 4.12. The van der Waals surface area contributed by atoms with Gasteiger partial charge in [-0.15, -0.1) is 0 Å². The molecule has 0 aliphatic heterocycles. The molecule has 20 heavy (non-hydrogen) atoms. The summed E-state index contributed by atoms with van der Waals surface area (Å²) in [5.74, 6) is 1.37. The van der Waals surface area contributed by atoms with Gasteiger partial charge in [-0.1, -0.05) is 5.16 Å². The molecule has 0 radical (unpaired) electrons. The molecule has 0 unspecified atom stereocenters. The lowest BCUT2D eigenvalue weighted by Gasteiger charge is -2.15. The zero-order valence-electron chi connectivity index (χ0n) is 11.4. The molecule has 0 bridgehead atoms. The fraction of sp³-hybridized carbons (Fsp3) is 0.417. The maximum Gasteiger partial charge on any atom is 0.246 e. The van der Waals surface area contributed by atoms with E-state index in [9.17, 15) is 0 Å². The third-order valence-corrected chi connectivity index (χ3v) is 2.72. The van der Waals surface area contributed by atoms with Gasteiger partial charge in [0.25, 0.3) is 0 Å². The Morgan fingerprint density at radius 1 is 1.45 bits per heavy atom. The van der Waals surface area contributed by atoms with Crippen LogP contribution >= 0.6 is 0 Å². The Bertz CT molecular complexity index is 620. The molecule has 0 aliphatic carbocycles. The molecule has 0 aromatic carbocycles. The second-order valence-electron chi connectivity index (χ2n) is 4.12. The molecule has 0 aliphatic rings. The van der Waals surface area contributed by atoms with Crippen LogP contribution in [-0.4, -0.2) is 34.3 Å². The van der Waals surface area contributed by atoms with E-state index in [4.69, 9.17) is 14.5 Å². The van der Waals surface area contributed by atoms with Gasteiger partial charge in [-0.2, -0.15) is 10.2 Å². The standard InChI is InChI=1S/C12H14N6O2/c1-8(19-3)11-16-10(20-17-11)7-18(2)12-9(6-13)14-4-5-15-12/h4-5,8H,7H2,1-3H3/t8-/m0/s1. The number of ether oxygens (including phenoxy) is 1. The average Bonchev–Trinajstić information content (AvgIpc) is 2.94. The summed E-state index contributed by atoms with van der Waals surface area (Å²) in [6, 6.07) is 1.99. The Kier molecular flexibility index (Phi) is 4.22. The summed E-state index contributed by atoms with van der Waals surface area (Å²) in [6.07, 6.45) is 2.77. The fourth-order valence-electron chi connectivity index (χ4n) is 1.57. The maximum atomic E-state index is 9.00. The van der Waals surface area contributed by atoms with Gasteiger partial charge in [0, 0.05) is 26.6 Å². The van der Waals surface area contributed by atoms with Crippen molar-refractivity contribution < 1.29 is 9.26 Å². The van der Waals surface area contributed by atoms with Crippen molar-refractivity contribution >= 4 is 5.82 Å². The van der Waals surface area contributed by atoms with Gasteiger partial charge in [-0.3, -0.25) is 0 Å². The number of hydrogen-bond acceptors (Lipinski definition) is 8. The van der Waals surface area contributed by atoms with Crippen molar-refractivity contribution in [3.05, 3.63) is 29.8 Å². The van der Waals surface area contributed by atoms with Crippen LogP contribution in [0.4, 0.5) is 5.82 Å². The van der Waals surface area contributed by atoms with E-state index in [1.54, 1.807) is 19.1 Å². The van der Waals surface area contributed by atoms with E-state index in [-0.39, 0.29) is 11.8 Å². The summed E-state index contributed by atoms with van der Waals surface area (Å²) < 4.78 is 10.3. The second kappa shape index (κ2) is 6.08. The van der Waals surface area contributed by atoms with Crippen molar-refractivity contribution in [2.75, 3.05) is 19.1 Å². The smallest absolute Gasteiger partial charge is 0.246 e. The summed E-state index contributed by atoms with van der Waals surface area (Å²) >= 11 is 0. The van der Waals surface area contributed by atoms with Crippen LogP contribution in [0, 0.1) is 11.3 Å². The lowest BCUT2D eigenvalue weighted by atomic mass is 10.4. The van der Waals surface area contributed by atoms with Gasteiger partial charge in [0.2, 0.25) is 5.89 Å². The third kappa shape index (κ3) is 2.89. The number of methoxy groups -OCH3 is 1. The summed E-state index contributed by atoms with van der Waals surface area (Å²) in [6.45, 7) is 2.16. The van der Waals surface area contributed by atoms with Crippen molar-refractivity contribution in [2.45, 2.75) is 19.6 Å². The predicted octanol–water partition coefficient (Wildman–Crippen LogP) is 1.08. The molecule has 1 atom stereocenters. The molecular formula is C12H14N6O2. The fourth-order valence-corrected chi connectivity index (χ4v) is 1.57. The number of aromatic nitrogens is 4. The quantitative estimate of drug-likeness (QED) is 0.798. The van der Waals surface area contributed by atoms with Crippen LogP contribution < -0.4 is 4.90 Å². The maximum absolute atomic E-state index is 9.00. The highest BCUT2D eigenvalue weighted by atomic mass is 16.5. The average molecular weight is 274 g/mol. The Balaban J connectivity index is 2.14. The molecule has 0 saturated carbocycles. The Morgan fingerprint density at radius 3 is 2.90 bits per heavy atom. The summed E-state index contributed by atoms with van der Waals surface area (Å²) in [5, 5.41) is 12.8. The van der Waals surface area contributed by atoms with Gasteiger partial charge < -0.3 is 14.2 Å². The molecule has 0 N–H and O–H groups in total. The lowest BCUT2D eigenvalue weighted by Crippen LogP contribution is -2.19. The van der Waals surface area contributed by atoms with E-state index in [0.29, 0.717) is 24.1 Å². The highest BCUT2D eigenvalue weighted by Gasteiger charge is 2.16. The molecule has 8 nitrogen and oxygen atoms in total. The van der Waals surface area contributed by atoms with Crippen LogP contribution in [0.2, 0.25) is 0 Å². The highest BCUT2D eigenvalue weighted by Crippen LogP contribution is 2.16. The van der Waals surface area contributed by atoms with Crippen molar-refractivity contribution in [1.82, 2.24) is 20.1 Å². The van der Waals surface area contributed by atoms with E-state index >= 15 is 0 Å². The zero-order valence-corrected chi connectivity index (χ0v) is 11.4. The summed E-state index contributed by atoms with van der Waals surface area (Å²) in [5.41, 5.74) is 0.250. The predicted molar refractivity (Wildman–Crippen MR) is 68.6 cm³/mol. The van der Waals surface area contributed by atoms with E-state index in [1.807, 2.05) is 13.0 Å². The first-order valence-electron chi connectivity index (χ1n) is 5.93. The van der Waals surface area contributed by atoms with E-state index in [0.717, 1.165) is 0 Å². The molecule has 2 rings (SSSR count). The Morgan fingerprint density at radius 2 is 2.20 bits per heavy atom. The molecule has 2 heterocycles. The van der Waals surface area contributed by atoms with E-state index < -0.39 is 0 Å². The van der Waals surface area contributed by atoms with Crippen LogP contribution in [-0.2, 0) is 11.3 Å². The third-order valence-electron chi connectivity index (χ3n) is 2.72. The first kappa shape index (κ1) is 13.9. The highest BCUT2D eigenvalue weighted by molar-refractivity contribution is 5.48. The number of anilines is 1. The lowest BCUT2D eigenvalue weighted by molar-refractivity contribution is 0.109. The molecule has 104 valence electrons. The van der Waals surface area contributed by atoms with Gasteiger partial charge >= 0.3 is 0 Å². The Hall–Kier alpha value is -2.53. The normalized spacial score (nSPS) is 11.9. The van der Waals surface area contributed by atoms with Crippen molar-refractivity contribution in [3.8, 4) is 6.07 Å². The minimum absolute atomic E-state index is 0.232. The molecule has 0 fully saturated rings. The first-order chi connectivity index (χ1) is 9.65. The molecule has 0 spiro atoms. The number of nitriles is 1. The van der Waals surface area contributed by atoms with Crippen molar-refractivity contribution in [2.24, 2.45) is 0 Å². The van der Waals surface area contributed by atoms with Gasteiger partial charge in [0.1, 0.15) is 12.2 Å². The van der Waals surface area contributed by atoms with E-state index in [2.05, 4.69) is 20.1 Å². The van der Waals surface area contributed by atoms with Gasteiger partial charge in [0.15, 0.2) is 17.3 Å². The minimum atomic E-state index is -0.232. The Labute approximate surface area is 116 Å². The van der Waals surface area contributed by atoms with Crippen molar-refractivity contribution in [1.29, 1.82) is 5.26 Å². The van der Waals surface area contributed by atoms with Crippen LogP contribution in [0.15, 0.2) is 16.9 Å². The SMILES string of the molecule is CO[C@@H](C)c1noc(CN(C)c2nccnc2C#N)n1. The zero-order chi connectivity index (χ0) is 14.5. The number of hydrogen-bond donors (Lipinski definition) is 0. The molecule has 2 aromatic heterocycles.